The van der Waals surface area contributed by atoms with Gasteiger partial charge in [0.1, 0.15) is 0 Å². The summed E-state index contributed by atoms with van der Waals surface area (Å²) in [4.78, 5) is 10.9. The van der Waals surface area contributed by atoms with Crippen molar-refractivity contribution in [2.75, 3.05) is 7.11 Å². The molecule has 14 heavy (non-hydrogen) atoms. The van der Waals surface area contributed by atoms with Crippen LogP contribution >= 0.6 is 0 Å². The van der Waals surface area contributed by atoms with Crippen LogP contribution in [0.4, 0.5) is 0 Å². The van der Waals surface area contributed by atoms with Gasteiger partial charge in [0.25, 0.3) is 0 Å². The third-order valence-electron chi connectivity index (χ3n) is 2.86. The summed E-state index contributed by atoms with van der Waals surface area (Å²) in [6, 6.07) is 0. The Morgan fingerprint density at radius 3 is 2.29 bits per heavy atom. The third kappa shape index (κ3) is 4.45. The van der Waals surface area contributed by atoms with E-state index >= 15 is 0 Å². The van der Waals surface area contributed by atoms with E-state index in [1.807, 2.05) is 6.08 Å². The molecular formula is C12H20O2. The number of carbonyl (C=O) groups is 1. The number of rotatable bonds is 2. The van der Waals surface area contributed by atoms with Gasteiger partial charge in [-0.05, 0) is 18.8 Å². The SMILES string of the molecule is COC(=O)/C=C/C1CCCCCCC1. The number of carbonyl (C=O) groups excluding carboxylic acids is 1. The summed E-state index contributed by atoms with van der Waals surface area (Å²) in [7, 11) is 1.42. The average Bonchev–Trinajstić information content (AvgIpc) is 2.15. The van der Waals surface area contributed by atoms with E-state index in [4.69, 9.17) is 0 Å². The minimum Gasteiger partial charge on any atom is -0.466 e. The van der Waals surface area contributed by atoms with Crippen LogP contribution in [0.25, 0.3) is 0 Å². The molecule has 1 fully saturated rings. The van der Waals surface area contributed by atoms with Gasteiger partial charge in [0.05, 0.1) is 7.11 Å². The van der Waals surface area contributed by atoms with Crippen molar-refractivity contribution < 1.29 is 9.53 Å². The molecule has 1 aliphatic rings. The van der Waals surface area contributed by atoms with Crippen molar-refractivity contribution >= 4 is 5.97 Å². The largest absolute Gasteiger partial charge is 0.466 e. The standard InChI is InChI=1S/C12H20O2/c1-14-12(13)10-9-11-7-5-3-2-4-6-8-11/h9-11H,2-8H2,1H3/b10-9+. The number of esters is 1. The first kappa shape index (κ1) is 11.3. The van der Waals surface area contributed by atoms with E-state index in [1.54, 1.807) is 6.08 Å². The summed E-state index contributed by atoms with van der Waals surface area (Å²) in [5.74, 6) is 0.362. The summed E-state index contributed by atoms with van der Waals surface area (Å²) in [6.07, 6.45) is 12.7. The second kappa shape index (κ2) is 6.63. The predicted octanol–water partition coefficient (Wildman–Crippen LogP) is 3.08. The second-order valence-electron chi connectivity index (χ2n) is 3.99. The molecule has 1 aliphatic carbocycles. The lowest BCUT2D eigenvalue weighted by Gasteiger charge is -2.15. The van der Waals surface area contributed by atoms with E-state index in [2.05, 4.69) is 4.74 Å². The van der Waals surface area contributed by atoms with Crippen molar-refractivity contribution in [1.29, 1.82) is 0 Å². The molecule has 0 saturated heterocycles. The van der Waals surface area contributed by atoms with Gasteiger partial charge in [-0.3, -0.25) is 0 Å². The molecule has 0 atom stereocenters. The molecule has 0 aromatic carbocycles. The van der Waals surface area contributed by atoms with Crippen molar-refractivity contribution in [3.05, 3.63) is 12.2 Å². The number of hydrogen-bond acceptors (Lipinski definition) is 2. The molecule has 2 nitrogen and oxygen atoms in total. The lowest BCUT2D eigenvalue weighted by atomic mass is 9.91. The zero-order valence-electron chi connectivity index (χ0n) is 9.00. The number of methoxy groups -OCH3 is 1. The molecule has 0 aliphatic heterocycles. The van der Waals surface area contributed by atoms with Gasteiger partial charge < -0.3 is 4.74 Å². The quantitative estimate of drug-likeness (QED) is 0.501. The molecule has 0 aromatic rings. The molecule has 1 rings (SSSR count). The third-order valence-corrected chi connectivity index (χ3v) is 2.86. The van der Waals surface area contributed by atoms with Gasteiger partial charge in [0.15, 0.2) is 0 Å². The van der Waals surface area contributed by atoms with Gasteiger partial charge in [-0.1, -0.05) is 38.2 Å². The highest BCUT2D eigenvalue weighted by Gasteiger charge is 2.08. The van der Waals surface area contributed by atoms with E-state index in [9.17, 15) is 4.79 Å². The van der Waals surface area contributed by atoms with Gasteiger partial charge in [0, 0.05) is 6.08 Å². The monoisotopic (exact) mass is 196 g/mol. The number of allylic oxidation sites excluding steroid dienone is 1. The van der Waals surface area contributed by atoms with Crippen molar-refractivity contribution in [2.24, 2.45) is 5.92 Å². The molecule has 0 radical (unpaired) electrons. The first-order chi connectivity index (χ1) is 6.83. The van der Waals surface area contributed by atoms with Crippen LogP contribution < -0.4 is 0 Å². The molecule has 0 unspecified atom stereocenters. The van der Waals surface area contributed by atoms with E-state index < -0.39 is 0 Å². The van der Waals surface area contributed by atoms with Gasteiger partial charge >= 0.3 is 5.97 Å². The Morgan fingerprint density at radius 2 is 1.71 bits per heavy atom. The van der Waals surface area contributed by atoms with E-state index in [0.717, 1.165) is 0 Å². The van der Waals surface area contributed by atoms with Crippen molar-refractivity contribution in [3.63, 3.8) is 0 Å². The highest BCUT2D eigenvalue weighted by molar-refractivity contribution is 5.81. The lowest BCUT2D eigenvalue weighted by Crippen LogP contribution is -2.02. The molecule has 0 aromatic heterocycles. The molecule has 1 saturated carbocycles. The molecule has 0 amide bonds. The Hall–Kier alpha value is -0.790. The van der Waals surface area contributed by atoms with Crippen LogP contribution in [0, 0.1) is 5.92 Å². The summed E-state index contributed by atoms with van der Waals surface area (Å²) in [5.41, 5.74) is 0. The lowest BCUT2D eigenvalue weighted by molar-refractivity contribution is -0.134. The van der Waals surface area contributed by atoms with Gasteiger partial charge in [-0.25, -0.2) is 4.79 Å². The van der Waals surface area contributed by atoms with Crippen LogP contribution in [0.2, 0.25) is 0 Å². The van der Waals surface area contributed by atoms with E-state index in [-0.39, 0.29) is 5.97 Å². The van der Waals surface area contributed by atoms with Gasteiger partial charge in [-0.15, -0.1) is 0 Å². The highest BCUT2D eigenvalue weighted by atomic mass is 16.5. The minimum absolute atomic E-state index is 0.230. The van der Waals surface area contributed by atoms with Crippen LogP contribution in [-0.2, 0) is 9.53 Å². The van der Waals surface area contributed by atoms with Crippen LogP contribution in [-0.4, -0.2) is 13.1 Å². The molecule has 80 valence electrons. The van der Waals surface area contributed by atoms with Crippen LogP contribution in [0.15, 0.2) is 12.2 Å². The zero-order valence-corrected chi connectivity index (χ0v) is 9.00. The summed E-state index contributed by atoms with van der Waals surface area (Å²) < 4.78 is 4.57. The second-order valence-corrected chi connectivity index (χ2v) is 3.99. The van der Waals surface area contributed by atoms with Crippen molar-refractivity contribution in [1.82, 2.24) is 0 Å². The summed E-state index contributed by atoms with van der Waals surface area (Å²) >= 11 is 0. The first-order valence-electron chi connectivity index (χ1n) is 5.59. The normalized spacial score (nSPS) is 20.4. The average molecular weight is 196 g/mol. The van der Waals surface area contributed by atoms with Crippen LogP contribution in [0.5, 0.6) is 0 Å². The molecule has 0 spiro atoms. The zero-order chi connectivity index (χ0) is 10.2. The Bertz CT molecular complexity index is 188. The maximum Gasteiger partial charge on any atom is 0.330 e. The molecular weight excluding hydrogens is 176 g/mol. The Morgan fingerprint density at radius 1 is 1.14 bits per heavy atom. The molecule has 0 heterocycles. The van der Waals surface area contributed by atoms with Crippen molar-refractivity contribution in [2.45, 2.75) is 44.9 Å². The van der Waals surface area contributed by atoms with E-state index in [1.165, 1.54) is 52.1 Å². The smallest absolute Gasteiger partial charge is 0.330 e. The first-order valence-corrected chi connectivity index (χ1v) is 5.59. The van der Waals surface area contributed by atoms with Crippen molar-refractivity contribution in [3.8, 4) is 0 Å². The minimum atomic E-state index is -0.230. The van der Waals surface area contributed by atoms with E-state index in [0.29, 0.717) is 5.92 Å². The maximum absolute atomic E-state index is 10.9. The van der Waals surface area contributed by atoms with Crippen LogP contribution in [0.3, 0.4) is 0 Å². The summed E-state index contributed by atoms with van der Waals surface area (Å²) in [5, 5.41) is 0. The fourth-order valence-corrected chi connectivity index (χ4v) is 1.96. The summed E-state index contributed by atoms with van der Waals surface area (Å²) in [6.45, 7) is 0. The van der Waals surface area contributed by atoms with Crippen LogP contribution in [0.1, 0.15) is 44.9 Å². The number of ether oxygens (including phenoxy) is 1. The fraction of sp³-hybridized carbons (Fsp3) is 0.750. The Balaban J connectivity index is 2.33. The highest BCUT2D eigenvalue weighted by Crippen LogP contribution is 2.22. The number of hydrogen-bond donors (Lipinski definition) is 0. The molecule has 0 bridgehead atoms. The fourth-order valence-electron chi connectivity index (χ4n) is 1.96. The Labute approximate surface area is 86.3 Å². The maximum atomic E-state index is 10.9. The molecule has 2 heteroatoms. The van der Waals surface area contributed by atoms with Gasteiger partial charge in [0.2, 0.25) is 0 Å². The molecule has 0 N–H and O–H groups in total. The predicted molar refractivity (Wildman–Crippen MR) is 57.0 cm³/mol. The van der Waals surface area contributed by atoms with Gasteiger partial charge in [-0.2, -0.15) is 0 Å². The Kier molecular flexibility index (Phi) is 5.35. The topological polar surface area (TPSA) is 26.3 Å².